The van der Waals surface area contributed by atoms with E-state index in [-0.39, 0.29) is 5.69 Å². The number of carbonyl (C=O) groups is 1. The van der Waals surface area contributed by atoms with Gasteiger partial charge in [-0.05, 0) is 36.8 Å². The molecular weight excluding hydrogens is 371 g/mol. The van der Waals surface area contributed by atoms with Gasteiger partial charge in [0, 0.05) is 22.8 Å². The number of hydrogen-bond acceptors (Lipinski definition) is 5. The average molecular weight is 387 g/mol. The number of methoxy groups -OCH3 is 1. The zero-order valence-electron chi connectivity index (χ0n) is 14.6. The number of nitrogens with one attached hydrogen (secondary N) is 2. The fourth-order valence-electron chi connectivity index (χ4n) is 2.38. The predicted molar refractivity (Wildman–Crippen MR) is 102 cm³/mol. The number of carbonyl (C=O) groups excluding carboxylic acids is 1. The summed E-state index contributed by atoms with van der Waals surface area (Å²) >= 11 is 6.11. The van der Waals surface area contributed by atoms with Crippen molar-refractivity contribution in [1.29, 1.82) is 0 Å². The molecule has 0 saturated carbocycles. The summed E-state index contributed by atoms with van der Waals surface area (Å²) in [7, 11) is 1.53. The highest BCUT2D eigenvalue weighted by atomic mass is 35.5. The molecule has 1 aromatic heterocycles. The number of halogens is 2. The molecule has 0 bridgehead atoms. The van der Waals surface area contributed by atoms with Crippen molar-refractivity contribution in [3.8, 4) is 5.75 Å². The smallest absolute Gasteiger partial charge is 0.274 e. The summed E-state index contributed by atoms with van der Waals surface area (Å²) in [6.45, 7) is 1.87. The fraction of sp³-hybridized carbons (Fsp3) is 0.105. The first kappa shape index (κ1) is 18.6. The lowest BCUT2D eigenvalue weighted by Crippen LogP contribution is -2.14. The fourth-order valence-corrected chi connectivity index (χ4v) is 2.53. The van der Waals surface area contributed by atoms with Gasteiger partial charge in [-0.1, -0.05) is 17.7 Å². The van der Waals surface area contributed by atoms with Crippen LogP contribution < -0.4 is 15.4 Å². The first-order valence-corrected chi connectivity index (χ1v) is 8.34. The molecule has 0 aliphatic rings. The zero-order valence-corrected chi connectivity index (χ0v) is 15.3. The third-order valence-corrected chi connectivity index (χ3v) is 4.13. The minimum atomic E-state index is -0.481. The van der Waals surface area contributed by atoms with E-state index < -0.39 is 11.7 Å². The first-order chi connectivity index (χ1) is 13.0. The molecule has 138 valence electrons. The van der Waals surface area contributed by atoms with Crippen molar-refractivity contribution in [2.45, 2.75) is 6.92 Å². The van der Waals surface area contributed by atoms with Crippen molar-refractivity contribution in [3.63, 3.8) is 0 Å². The van der Waals surface area contributed by atoms with E-state index in [2.05, 4.69) is 20.6 Å². The Hall–Kier alpha value is -3.19. The second kappa shape index (κ2) is 8.01. The van der Waals surface area contributed by atoms with Crippen molar-refractivity contribution < 1.29 is 13.9 Å². The number of rotatable bonds is 5. The number of amides is 1. The second-order valence-electron chi connectivity index (χ2n) is 5.68. The Morgan fingerprint density at radius 1 is 1.19 bits per heavy atom. The van der Waals surface area contributed by atoms with Crippen LogP contribution >= 0.6 is 11.6 Å². The van der Waals surface area contributed by atoms with Crippen LogP contribution in [-0.4, -0.2) is 23.0 Å². The molecule has 0 fully saturated rings. The highest BCUT2D eigenvalue weighted by molar-refractivity contribution is 6.31. The van der Waals surface area contributed by atoms with Gasteiger partial charge in [-0.2, -0.15) is 0 Å². The minimum absolute atomic E-state index is 0.126. The number of nitrogens with zero attached hydrogens (tertiary/aromatic N) is 2. The second-order valence-corrected chi connectivity index (χ2v) is 6.09. The van der Waals surface area contributed by atoms with Crippen molar-refractivity contribution in [1.82, 2.24) is 9.97 Å². The minimum Gasteiger partial charge on any atom is -0.495 e. The van der Waals surface area contributed by atoms with Crippen LogP contribution in [0.2, 0.25) is 5.02 Å². The molecule has 0 aliphatic carbocycles. The summed E-state index contributed by atoms with van der Waals surface area (Å²) in [6, 6.07) is 10.6. The van der Waals surface area contributed by atoms with Crippen molar-refractivity contribution in [2.24, 2.45) is 0 Å². The Labute approximate surface area is 160 Å². The maximum atomic E-state index is 13.3. The molecule has 1 amide bonds. The number of hydrogen-bond donors (Lipinski definition) is 2. The van der Waals surface area contributed by atoms with E-state index in [1.165, 1.54) is 37.7 Å². The molecule has 3 rings (SSSR count). The molecule has 2 aromatic carbocycles. The van der Waals surface area contributed by atoms with E-state index in [1.54, 1.807) is 12.1 Å². The van der Waals surface area contributed by atoms with Crippen molar-refractivity contribution in [3.05, 3.63) is 70.9 Å². The molecule has 8 heteroatoms. The van der Waals surface area contributed by atoms with Gasteiger partial charge in [-0.25, -0.2) is 14.4 Å². The van der Waals surface area contributed by atoms with Crippen LogP contribution in [0.25, 0.3) is 0 Å². The van der Waals surface area contributed by atoms with Crippen LogP contribution in [0.15, 0.2) is 48.8 Å². The van der Waals surface area contributed by atoms with Crippen LogP contribution in [-0.2, 0) is 0 Å². The molecule has 0 aliphatic heterocycles. The molecule has 0 atom stereocenters. The van der Waals surface area contributed by atoms with Gasteiger partial charge < -0.3 is 15.4 Å². The van der Waals surface area contributed by atoms with Gasteiger partial charge in [-0.3, -0.25) is 4.79 Å². The summed E-state index contributed by atoms with van der Waals surface area (Å²) in [6.07, 6.45) is 1.26. The van der Waals surface area contributed by atoms with Gasteiger partial charge in [0.25, 0.3) is 5.91 Å². The van der Waals surface area contributed by atoms with E-state index in [1.807, 2.05) is 13.0 Å². The van der Waals surface area contributed by atoms with Gasteiger partial charge in [0.05, 0.1) is 12.8 Å². The maximum absolute atomic E-state index is 13.3. The van der Waals surface area contributed by atoms with Gasteiger partial charge in [0.15, 0.2) is 0 Å². The topological polar surface area (TPSA) is 76.1 Å². The normalized spacial score (nSPS) is 10.4. The summed E-state index contributed by atoms with van der Waals surface area (Å²) in [5.74, 6) is 0.0118. The molecule has 0 spiro atoms. The van der Waals surface area contributed by atoms with E-state index in [0.29, 0.717) is 28.0 Å². The van der Waals surface area contributed by atoms with Crippen molar-refractivity contribution >= 4 is 34.7 Å². The largest absolute Gasteiger partial charge is 0.495 e. The van der Waals surface area contributed by atoms with E-state index >= 15 is 0 Å². The molecule has 2 N–H and O–H groups in total. The van der Waals surface area contributed by atoms with E-state index in [4.69, 9.17) is 16.3 Å². The summed E-state index contributed by atoms with van der Waals surface area (Å²) in [5, 5.41) is 6.25. The molecule has 0 saturated heterocycles. The quantitative estimate of drug-likeness (QED) is 0.671. The van der Waals surface area contributed by atoms with Gasteiger partial charge in [-0.15, -0.1) is 0 Å². The summed E-state index contributed by atoms with van der Waals surface area (Å²) in [5.41, 5.74) is 1.97. The predicted octanol–water partition coefficient (Wildman–Crippen LogP) is 4.58. The van der Waals surface area contributed by atoms with Crippen LogP contribution in [0, 0.1) is 12.7 Å². The number of ether oxygens (including phenoxy) is 1. The molecule has 0 radical (unpaired) electrons. The third-order valence-electron chi connectivity index (χ3n) is 3.73. The molecule has 3 aromatic rings. The maximum Gasteiger partial charge on any atom is 0.274 e. The number of aromatic nitrogens is 2. The van der Waals surface area contributed by atoms with Crippen LogP contribution in [0.3, 0.4) is 0 Å². The highest BCUT2D eigenvalue weighted by Crippen LogP contribution is 2.32. The van der Waals surface area contributed by atoms with Crippen LogP contribution in [0.5, 0.6) is 5.75 Å². The highest BCUT2D eigenvalue weighted by Gasteiger charge is 2.12. The zero-order chi connectivity index (χ0) is 19.4. The molecule has 27 heavy (non-hydrogen) atoms. The lowest BCUT2D eigenvalue weighted by Gasteiger charge is -2.13. The van der Waals surface area contributed by atoms with E-state index in [9.17, 15) is 9.18 Å². The van der Waals surface area contributed by atoms with Crippen LogP contribution in [0.1, 0.15) is 16.1 Å². The molecule has 1 heterocycles. The Balaban J connectivity index is 1.82. The Morgan fingerprint density at radius 3 is 2.74 bits per heavy atom. The number of anilines is 3. The standard InChI is InChI=1S/C19H16ClFN4O2/c1-11-6-15(17(27-2)8-14(11)20)25-18-9-16(22-10-23-18)19(26)24-13-5-3-4-12(21)7-13/h3-10H,1-2H3,(H,24,26)(H,22,23,25). The van der Waals surface area contributed by atoms with Crippen molar-refractivity contribution in [2.75, 3.05) is 17.7 Å². The number of benzene rings is 2. The monoisotopic (exact) mass is 386 g/mol. The first-order valence-electron chi connectivity index (χ1n) is 7.96. The summed E-state index contributed by atoms with van der Waals surface area (Å²) < 4.78 is 18.6. The molecule has 0 unspecified atom stereocenters. The van der Waals surface area contributed by atoms with Crippen LogP contribution in [0.4, 0.5) is 21.6 Å². The molecule has 6 nitrogen and oxygen atoms in total. The number of aryl methyl sites for hydroxylation is 1. The lowest BCUT2D eigenvalue weighted by atomic mass is 10.2. The Kier molecular flexibility index (Phi) is 5.52. The SMILES string of the molecule is COc1cc(Cl)c(C)cc1Nc1cc(C(=O)Nc2cccc(F)c2)ncn1. The Morgan fingerprint density at radius 2 is 2.00 bits per heavy atom. The average Bonchev–Trinajstić information content (AvgIpc) is 2.65. The molecular formula is C19H16ClFN4O2. The van der Waals surface area contributed by atoms with Gasteiger partial charge >= 0.3 is 0 Å². The Bertz CT molecular complexity index is 997. The summed E-state index contributed by atoms with van der Waals surface area (Å²) in [4.78, 5) is 20.4. The van der Waals surface area contributed by atoms with Gasteiger partial charge in [0.1, 0.15) is 29.4 Å². The lowest BCUT2D eigenvalue weighted by molar-refractivity contribution is 0.102. The van der Waals surface area contributed by atoms with E-state index in [0.717, 1.165) is 5.56 Å². The van der Waals surface area contributed by atoms with Gasteiger partial charge in [0.2, 0.25) is 0 Å². The third kappa shape index (κ3) is 4.51.